The van der Waals surface area contributed by atoms with Crippen LogP contribution in [0, 0.1) is 6.92 Å². The number of sulfone groups is 1. The number of carboxylic acid groups (broad SMARTS) is 1. The van der Waals surface area contributed by atoms with Crippen LogP contribution in [0.1, 0.15) is 16.1 Å². The molecule has 112 valence electrons. The molecule has 0 bridgehead atoms. The molecule has 1 N–H and O–H groups in total. The third kappa shape index (κ3) is 2.17. The molecule has 5 nitrogen and oxygen atoms in total. The maximum atomic E-state index is 12.6. The molecule has 0 aliphatic rings. The Morgan fingerprint density at radius 1 is 1.05 bits per heavy atom. The number of aromatic carboxylic acids is 1. The molecule has 0 atom stereocenters. The van der Waals surface area contributed by atoms with E-state index < -0.39 is 15.8 Å². The van der Waals surface area contributed by atoms with Crippen LogP contribution in [-0.4, -0.2) is 19.5 Å². The zero-order valence-corrected chi connectivity index (χ0v) is 12.4. The molecule has 22 heavy (non-hydrogen) atoms. The number of rotatable bonds is 3. The van der Waals surface area contributed by atoms with E-state index in [0.29, 0.717) is 5.58 Å². The monoisotopic (exact) mass is 316 g/mol. The van der Waals surface area contributed by atoms with E-state index in [2.05, 4.69) is 0 Å². The van der Waals surface area contributed by atoms with Gasteiger partial charge in [0.15, 0.2) is 0 Å². The van der Waals surface area contributed by atoms with Gasteiger partial charge in [-0.1, -0.05) is 18.2 Å². The van der Waals surface area contributed by atoms with Crippen LogP contribution >= 0.6 is 0 Å². The van der Waals surface area contributed by atoms with Crippen LogP contribution in [0.5, 0.6) is 0 Å². The van der Waals surface area contributed by atoms with Crippen molar-refractivity contribution >= 4 is 26.8 Å². The molecule has 0 aliphatic heterocycles. The number of carboxylic acids is 1. The number of hydrogen-bond acceptors (Lipinski definition) is 4. The summed E-state index contributed by atoms with van der Waals surface area (Å²) in [7, 11) is -3.70. The molecule has 3 aromatic rings. The first-order chi connectivity index (χ1) is 10.4. The zero-order chi connectivity index (χ0) is 15.9. The summed E-state index contributed by atoms with van der Waals surface area (Å²) in [5.74, 6) is -0.901. The summed E-state index contributed by atoms with van der Waals surface area (Å²) in [6.07, 6.45) is 0. The minimum atomic E-state index is -3.70. The van der Waals surface area contributed by atoms with E-state index in [9.17, 15) is 18.3 Å². The maximum absolute atomic E-state index is 12.6. The lowest BCUT2D eigenvalue weighted by atomic mass is 10.1. The van der Waals surface area contributed by atoms with Crippen LogP contribution in [0.4, 0.5) is 0 Å². The average molecular weight is 316 g/mol. The van der Waals surface area contributed by atoms with Crippen LogP contribution in [-0.2, 0) is 9.84 Å². The third-order valence-corrected chi connectivity index (χ3v) is 5.18. The molecule has 0 saturated carbocycles. The molecule has 0 amide bonds. The second-order valence-electron chi connectivity index (χ2n) is 4.81. The standard InChI is InChI=1S/C16H12O5S/c1-10-15(16(17)18)13-9-12(7-8-14(13)21-10)22(19,20)11-5-3-2-4-6-11/h2-9H,1H3,(H,17,18). The van der Waals surface area contributed by atoms with Crippen molar-refractivity contribution < 1.29 is 22.7 Å². The van der Waals surface area contributed by atoms with Crippen LogP contribution in [0.2, 0.25) is 0 Å². The molecule has 1 heterocycles. The number of aryl methyl sites for hydroxylation is 1. The third-order valence-electron chi connectivity index (χ3n) is 3.41. The van der Waals surface area contributed by atoms with Crippen molar-refractivity contribution in [1.29, 1.82) is 0 Å². The number of hydrogen-bond donors (Lipinski definition) is 1. The molecule has 0 saturated heterocycles. The number of carbonyl (C=O) groups is 1. The van der Waals surface area contributed by atoms with Crippen LogP contribution in [0.3, 0.4) is 0 Å². The first-order valence-electron chi connectivity index (χ1n) is 6.48. The van der Waals surface area contributed by atoms with Crippen LogP contribution < -0.4 is 0 Å². The summed E-state index contributed by atoms with van der Waals surface area (Å²) in [6.45, 7) is 1.54. The van der Waals surface area contributed by atoms with Crippen molar-refractivity contribution in [3.63, 3.8) is 0 Å². The minimum Gasteiger partial charge on any atom is -0.478 e. The highest BCUT2D eigenvalue weighted by atomic mass is 32.2. The highest BCUT2D eigenvalue weighted by Crippen LogP contribution is 2.30. The largest absolute Gasteiger partial charge is 0.478 e. The van der Waals surface area contributed by atoms with E-state index in [4.69, 9.17) is 4.42 Å². The van der Waals surface area contributed by atoms with E-state index in [1.54, 1.807) is 18.2 Å². The Bertz CT molecular complexity index is 968. The summed E-state index contributed by atoms with van der Waals surface area (Å²) in [4.78, 5) is 11.5. The lowest BCUT2D eigenvalue weighted by Crippen LogP contribution is -2.02. The number of fused-ring (bicyclic) bond motifs is 1. The summed E-state index contributed by atoms with van der Waals surface area (Å²) in [5, 5.41) is 9.53. The van der Waals surface area contributed by atoms with Gasteiger partial charge in [-0.25, -0.2) is 13.2 Å². The molecule has 0 aliphatic carbocycles. The molecular formula is C16H12O5S. The second kappa shape index (κ2) is 4.99. The van der Waals surface area contributed by atoms with Gasteiger partial charge in [-0.15, -0.1) is 0 Å². The summed E-state index contributed by atoms with van der Waals surface area (Å²) >= 11 is 0. The van der Waals surface area contributed by atoms with Crippen molar-refractivity contribution in [2.45, 2.75) is 16.7 Å². The fourth-order valence-electron chi connectivity index (χ4n) is 2.37. The average Bonchev–Trinajstić information content (AvgIpc) is 2.83. The quantitative estimate of drug-likeness (QED) is 0.801. The topological polar surface area (TPSA) is 84.6 Å². The first-order valence-corrected chi connectivity index (χ1v) is 7.96. The van der Waals surface area contributed by atoms with E-state index in [1.165, 1.54) is 37.3 Å². The zero-order valence-electron chi connectivity index (χ0n) is 11.6. The molecule has 2 aromatic carbocycles. The van der Waals surface area contributed by atoms with E-state index in [1.807, 2.05) is 0 Å². The second-order valence-corrected chi connectivity index (χ2v) is 6.76. The van der Waals surface area contributed by atoms with E-state index in [0.717, 1.165) is 0 Å². The fraction of sp³-hybridized carbons (Fsp3) is 0.0625. The Balaban J connectivity index is 2.25. The van der Waals surface area contributed by atoms with Gasteiger partial charge in [-0.2, -0.15) is 0 Å². The molecule has 1 aromatic heterocycles. The van der Waals surface area contributed by atoms with Gasteiger partial charge >= 0.3 is 5.97 Å². The molecule has 0 unspecified atom stereocenters. The van der Waals surface area contributed by atoms with E-state index >= 15 is 0 Å². The van der Waals surface area contributed by atoms with Crippen molar-refractivity contribution in [3.8, 4) is 0 Å². The highest BCUT2D eigenvalue weighted by molar-refractivity contribution is 7.91. The number of furan rings is 1. The van der Waals surface area contributed by atoms with Gasteiger partial charge in [0.2, 0.25) is 9.84 Å². The molecule has 0 spiro atoms. The molecule has 0 fully saturated rings. The van der Waals surface area contributed by atoms with Crippen molar-refractivity contribution in [3.05, 3.63) is 59.9 Å². The SMILES string of the molecule is Cc1oc2ccc(S(=O)(=O)c3ccccc3)cc2c1C(=O)O. The first kappa shape index (κ1) is 14.3. The van der Waals surface area contributed by atoms with Crippen molar-refractivity contribution in [2.24, 2.45) is 0 Å². The van der Waals surface area contributed by atoms with Gasteiger partial charge in [0.1, 0.15) is 16.9 Å². The summed E-state index contributed by atoms with van der Waals surface area (Å²) in [5.41, 5.74) is 0.335. The van der Waals surface area contributed by atoms with Gasteiger partial charge in [0.25, 0.3) is 0 Å². The predicted molar refractivity (Wildman–Crippen MR) is 79.8 cm³/mol. The smallest absolute Gasteiger partial charge is 0.339 e. The minimum absolute atomic E-state index is 0.0138. The fourth-order valence-corrected chi connectivity index (χ4v) is 3.68. The summed E-state index contributed by atoms with van der Waals surface area (Å²) < 4.78 is 30.5. The lowest BCUT2D eigenvalue weighted by molar-refractivity contribution is 0.0697. The normalized spacial score (nSPS) is 11.7. The van der Waals surface area contributed by atoms with Gasteiger partial charge in [-0.05, 0) is 37.3 Å². The van der Waals surface area contributed by atoms with Crippen LogP contribution in [0.25, 0.3) is 11.0 Å². The molecule has 0 radical (unpaired) electrons. The Morgan fingerprint density at radius 3 is 2.36 bits per heavy atom. The molecule has 3 rings (SSSR count). The van der Waals surface area contributed by atoms with Crippen molar-refractivity contribution in [2.75, 3.05) is 0 Å². The highest BCUT2D eigenvalue weighted by Gasteiger charge is 2.22. The Kier molecular flexibility index (Phi) is 3.26. The van der Waals surface area contributed by atoms with Crippen LogP contribution in [0.15, 0.2) is 62.7 Å². The lowest BCUT2D eigenvalue weighted by Gasteiger charge is -2.04. The maximum Gasteiger partial charge on any atom is 0.339 e. The Morgan fingerprint density at radius 2 is 1.73 bits per heavy atom. The van der Waals surface area contributed by atoms with Gasteiger partial charge < -0.3 is 9.52 Å². The van der Waals surface area contributed by atoms with Gasteiger partial charge in [0, 0.05) is 5.39 Å². The Hall–Kier alpha value is -2.60. The van der Waals surface area contributed by atoms with Gasteiger partial charge in [-0.3, -0.25) is 0 Å². The Labute approximate surface area is 126 Å². The molecular weight excluding hydrogens is 304 g/mol. The van der Waals surface area contributed by atoms with E-state index in [-0.39, 0.29) is 26.5 Å². The number of benzene rings is 2. The summed E-state index contributed by atoms with van der Waals surface area (Å²) in [6, 6.07) is 12.2. The molecule has 6 heteroatoms. The van der Waals surface area contributed by atoms with Gasteiger partial charge in [0.05, 0.1) is 9.79 Å². The van der Waals surface area contributed by atoms with Crippen molar-refractivity contribution in [1.82, 2.24) is 0 Å². The predicted octanol–water partition coefficient (Wildman–Crippen LogP) is 3.27.